The highest BCUT2D eigenvalue weighted by Gasteiger charge is 2.30. The predicted octanol–water partition coefficient (Wildman–Crippen LogP) is 2.90. The predicted molar refractivity (Wildman–Crippen MR) is 69.5 cm³/mol. The molecule has 1 fully saturated rings. The van der Waals surface area contributed by atoms with E-state index >= 15 is 0 Å². The van der Waals surface area contributed by atoms with Crippen LogP contribution in [0.25, 0.3) is 0 Å². The van der Waals surface area contributed by atoms with E-state index in [2.05, 4.69) is 0 Å². The summed E-state index contributed by atoms with van der Waals surface area (Å²) >= 11 is -0.206. The molecule has 1 saturated heterocycles. The summed E-state index contributed by atoms with van der Waals surface area (Å²) in [6, 6.07) is 5.17. The van der Waals surface area contributed by atoms with Crippen molar-refractivity contribution in [2.24, 2.45) is 0 Å². The molecule has 1 aromatic rings. The molecule has 1 atom stereocenters. The third-order valence-corrected chi connectivity index (χ3v) is 3.92. The third kappa shape index (κ3) is 3.67. The van der Waals surface area contributed by atoms with E-state index in [4.69, 9.17) is 0 Å². The summed E-state index contributed by atoms with van der Waals surface area (Å²) in [4.78, 5) is 13.8. The number of likely N-dealkylation sites (tertiary alicyclic amines) is 1. The van der Waals surface area contributed by atoms with Gasteiger partial charge in [-0.3, -0.25) is 4.79 Å². The maximum atomic E-state index is 12.2. The minimum Gasteiger partial charge on any atom is -0.394 e. The van der Waals surface area contributed by atoms with E-state index in [0.717, 1.165) is 12.8 Å². The maximum Gasteiger partial charge on any atom is 0.446 e. The molecule has 1 unspecified atom stereocenters. The van der Waals surface area contributed by atoms with Gasteiger partial charge in [-0.15, -0.1) is 0 Å². The average molecular weight is 305 g/mol. The lowest BCUT2D eigenvalue weighted by Gasteiger charge is -2.23. The van der Waals surface area contributed by atoms with Gasteiger partial charge >= 0.3 is 5.51 Å². The molecule has 1 N–H and O–H groups in total. The first-order valence-corrected chi connectivity index (χ1v) is 7.00. The van der Waals surface area contributed by atoms with Crippen molar-refractivity contribution in [2.75, 3.05) is 13.2 Å². The second-order valence-electron chi connectivity index (χ2n) is 4.55. The van der Waals surface area contributed by atoms with E-state index in [9.17, 15) is 23.1 Å². The second-order valence-corrected chi connectivity index (χ2v) is 5.69. The lowest BCUT2D eigenvalue weighted by atomic mass is 10.2. The summed E-state index contributed by atoms with van der Waals surface area (Å²) in [5.41, 5.74) is -3.99. The molecule has 0 spiro atoms. The van der Waals surface area contributed by atoms with Crippen LogP contribution in [-0.4, -0.2) is 40.6 Å². The van der Waals surface area contributed by atoms with Crippen molar-refractivity contribution in [1.82, 2.24) is 4.90 Å². The fourth-order valence-corrected chi connectivity index (χ4v) is 2.80. The number of halogens is 3. The van der Waals surface area contributed by atoms with Crippen molar-refractivity contribution < 1.29 is 23.1 Å². The Morgan fingerprint density at radius 1 is 1.35 bits per heavy atom. The molecule has 0 bridgehead atoms. The number of nitrogens with zero attached hydrogens (tertiary/aromatic N) is 1. The fourth-order valence-electron chi connectivity index (χ4n) is 2.26. The molecule has 1 heterocycles. The van der Waals surface area contributed by atoms with Crippen LogP contribution in [0.4, 0.5) is 13.2 Å². The van der Waals surface area contributed by atoms with Gasteiger partial charge in [-0.25, -0.2) is 0 Å². The zero-order chi connectivity index (χ0) is 14.8. The van der Waals surface area contributed by atoms with Crippen molar-refractivity contribution in [3.05, 3.63) is 29.8 Å². The number of aliphatic hydroxyl groups excluding tert-OH is 1. The number of carbonyl (C=O) groups is 1. The fraction of sp³-hybridized carbons (Fsp3) is 0.462. The zero-order valence-corrected chi connectivity index (χ0v) is 11.4. The van der Waals surface area contributed by atoms with Gasteiger partial charge in [0.1, 0.15) is 0 Å². The van der Waals surface area contributed by atoms with E-state index in [1.54, 1.807) is 4.90 Å². The van der Waals surface area contributed by atoms with Crippen LogP contribution in [-0.2, 0) is 0 Å². The molecular formula is C13H14F3NO2S. The molecule has 1 aliphatic rings. The maximum absolute atomic E-state index is 12.2. The number of benzene rings is 1. The summed E-state index contributed by atoms with van der Waals surface area (Å²) in [5, 5.41) is 9.18. The Bertz CT molecular complexity index is 475. The Morgan fingerprint density at radius 3 is 2.55 bits per heavy atom. The summed E-state index contributed by atoms with van der Waals surface area (Å²) in [5.74, 6) is -0.245. The average Bonchev–Trinajstić information content (AvgIpc) is 2.85. The molecule has 1 aromatic carbocycles. The molecule has 7 heteroatoms. The standard InChI is InChI=1S/C13H14F3NO2S/c14-13(15,16)20-11-5-3-9(4-6-11)12(19)17-7-1-2-10(17)8-18/h3-6,10,18H,1-2,7-8H2. The van der Waals surface area contributed by atoms with Gasteiger partial charge in [0.2, 0.25) is 0 Å². The first-order chi connectivity index (χ1) is 9.40. The van der Waals surface area contributed by atoms with Gasteiger partial charge in [0.25, 0.3) is 5.91 Å². The number of carbonyl (C=O) groups excluding carboxylic acids is 1. The lowest BCUT2D eigenvalue weighted by Crippen LogP contribution is -2.37. The first kappa shape index (κ1) is 15.2. The molecule has 110 valence electrons. The lowest BCUT2D eigenvalue weighted by molar-refractivity contribution is -0.0328. The SMILES string of the molecule is O=C(c1ccc(SC(F)(F)F)cc1)N1CCCC1CO. The minimum absolute atomic E-state index is 0.0502. The van der Waals surface area contributed by atoms with Crippen molar-refractivity contribution >= 4 is 17.7 Å². The van der Waals surface area contributed by atoms with Gasteiger partial charge in [-0.2, -0.15) is 13.2 Å². The topological polar surface area (TPSA) is 40.5 Å². The number of rotatable bonds is 3. The van der Waals surface area contributed by atoms with Gasteiger partial charge in [0, 0.05) is 17.0 Å². The Balaban J connectivity index is 2.08. The molecule has 3 nitrogen and oxygen atoms in total. The Hall–Kier alpha value is -1.21. The number of aliphatic hydroxyl groups is 1. The number of alkyl halides is 3. The molecule has 0 saturated carbocycles. The minimum atomic E-state index is -4.33. The molecule has 1 aliphatic heterocycles. The van der Waals surface area contributed by atoms with Crippen LogP contribution < -0.4 is 0 Å². The molecule has 0 aliphatic carbocycles. The number of hydrogen-bond donors (Lipinski definition) is 1. The second kappa shape index (κ2) is 6.05. The highest BCUT2D eigenvalue weighted by Crippen LogP contribution is 2.36. The number of thioether (sulfide) groups is 1. The highest BCUT2D eigenvalue weighted by atomic mass is 32.2. The van der Waals surface area contributed by atoms with Crippen LogP contribution in [0.15, 0.2) is 29.2 Å². The van der Waals surface area contributed by atoms with Crippen molar-refractivity contribution in [2.45, 2.75) is 29.3 Å². The zero-order valence-electron chi connectivity index (χ0n) is 10.6. The summed E-state index contributed by atoms with van der Waals surface area (Å²) in [7, 11) is 0. The van der Waals surface area contributed by atoms with Crippen molar-refractivity contribution in [3.63, 3.8) is 0 Å². The Kier molecular flexibility index (Phi) is 4.59. The normalized spacial score (nSPS) is 19.4. The van der Waals surface area contributed by atoms with Gasteiger partial charge < -0.3 is 10.0 Å². The molecule has 1 amide bonds. The van der Waals surface area contributed by atoms with Crippen LogP contribution in [0.3, 0.4) is 0 Å². The number of amides is 1. The highest BCUT2D eigenvalue weighted by molar-refractivity contribution is 8.00. The molecule has 0 radical (unpaired) electrons. The molecule has 20 heavy (non-hydrogen) atoms. The molecule has 2 rings (SSSR count). The Labute approximate surface area is 118 Å². The van der Waals surface area contributed by atoms with Crippen molar-refractivity contribution in [1.29, 1.82) is 0 Å². The first-order valence-electron chi connectivity index (χ1n) is 6.18. The van der Waals surface area contributed by atoms with Gasteiger partial charge in [0.05, 0.1) is 12.6 Å². The summed E-state index contributed by atoms with van der Waals surface area (Å²) in [6.45, 7) is 0.483. The monoisotopic (exact) mass is 305 g/mol. The molecule has 0 aromatic heterocycles. The summed E-state index contributed by atoms with van der Waals surface area (Å²) in [6.07, 6.45) is 1.59. The van der Waals surface area contributed by atoms with Gasteiger partial charge in [0.15, 0.2) is 0 Å². The molecular weight excluding hydrogens is 291 g/mol. The smallest absolute Gasteiger partial charge is 0.394 e. The summed E-state index contributed by atoms with van der Waals surface area (Å²) < 4.78 is 36.6. The van der Waals surface area contributed by atoms with Crippen LogP contribution in [0.2, 0.25) is 0 Å². The Morgan fingerprint density at radius 2 is 2.00 bits per heavy atom. The van der Waals surface area contributed by atoms with Crippen LogP contribution in [0.1, 0.15) is 23.2 Å². The van der Waals surface area contributed by atoms with E-state index in [1.165, 1.54) is 24.3 Å². The van der Waals surface area contributed by atoms with Gasteiger partial charge in [-0.1, -0.05) is 0 Å². The third-order valence-electron chi connectivity index (χ3n) is 3.18. The van der Waals surface area contributed by atoms with Crippen molar-refractivity contribution in [3.8, 4) is 0 Å². The van der Waals surface area contributed by atoms with Crippen LogP contribution >= 0.6 is 11.8 Å². The van der Waals surface area contributed by atoms with E-state index in [1.807, 2.05) is 0 Å². The van der Waals surface area contributed by atoms with E-state index < -0.39 is 5.51 Å². The quantitative estimate of drug-likeness (QED) is 0.873. The largest absolute Gasteiger partial charge is 0.446 e. The number of hydrogen-bond acceptors (Lipinski definition) is 3. The van der Waals surface area contributed by atoms with E-state index in [-0.39, 0.29) is 35.2 Å². The van der Waals surface area contributed by atoms with Crippen LogP contribution in [0.5, 0.6) is 0 Å². The van der Waals surface area contributed by atoms with Crippen LogP contribution in [0, 0.1) is 0 Å². The van der Waals surface area contributed by atoms with E-state index in [0.29, 0.717) is 12.1 Å². The van der Waals surface area contributed by atoms with Gasteiger partial charge in [-0.05, 0) is 48.9 Å².